The van der Waals surface area contributed by atoms with Crippen LogP contribution >= 0.6 is 0 Å². The number of nitrogens with zero attached hydrogens (tertiary/aromatic N) is 2. The number of nitriles is 1. The van der Waals surface area contributed by atoms with E-state index in [0.717, 1.165) is 0 Å². The number of hydrazone groups is 1. The van der Waals surface area contributed by atoms with Crippen LogP contribution in [-0.2, 0) is 14.3 Å². The van der Waals surface area contributed by atoms with Crippen LogP contribution in [0.1, 0.15) is 13.8 Å². The van der Waals surface area contributed by atoms with Crippen molar-refractivity contribution in [1.82, 2.24) is 5.32 Å². The average molecular weight is 317 g/mol. The summed E-state index contributed by atoms with van der Waals surface area (Å²) in [6, 6.07) is 8.05. The van der Waals surface area contributed by atoms with Crippen LogP contribution in [-0.4, -0.2) is 30.2 Å². The van der Waals surface area contributed by atoms with Crippen molar-refractivity contribution in [3.8, 4) is 6.07 Å². The van der Waals surface area contributed by atoms with Gasteiger partial charge >= 0.3 is 6.09 Å². The van der Waals surface area contributed by atoms with Gasteiger partial charge in [-0.15, -0.1) is 0 Å². The lowest BCUT2D eigenvalue weighted by molar-refractivity contribution is -0.115. The van der Waals surface area contributed by atoms with Gasteiger partial charge < -0.3 is 10.1 Å². The van der Waals surface area contributed by atoms with Crippen molar-refractivity contribution in [3.05, 3.63) is 24.3 Å². The quantitative estimate of drug-likeness (QED) is 0.552. The van der Waals surface area contributed by atoms with Gasteiger partial charge in [-0.1, -0.05) is 6.07 Å². The third-order valence-corrected chi connectivity index (χ3v) is 2.29. The van der Waals surface area contributed by atoms with E-state index in [1.807, 2.05) is 5.32 Å². The van der Waals surface area contributed by atoms with Crippen LogP contribution in [0.2, 0.25) is 0 Å². The van der Waals surface area contributed by atoms with Gasteiger partial charge in [-0.05, 0) is 25.1 Å². The number of rotatable bonds is 5. The summed E-state index contributed by atoms with van der Waals surface area (Å²) in [6.45, 7) is 3.03. The Hall–Kier alpha value is -3.41. The number of benzene rings is 1. The highest BCUT2D eigenvalue weighted by atomic mass is 16.5. The van der Waals surface area contributed by atoms with E-state index in [0.29, 0.717) is 11.4 Å². The Kier molecular flexibility index (Phi) is 6.74. The molecule has 1 aromatic carbocycles. The van der Waals surface area contributed by atoms with Crippen LogP contribution in [0.25, 0.3) is 0 Å². The molecule has 0 radical (unpaired) electrons. The number of ether oxygens (including phenoxy) is 1. The van der Waals surface area contributed by atoms with Gasteiger partial charge in [0, 0.05) is 12.6 Å². The number of amides is 3. The van der Waals surface area contributed by atoms with E-state index in [9.17, 15) is 14.4 Å². The lowest BCUT2D eigenvalue weighted by atomic mass is 10.3. The summed E-state index contributed by atoms with van der Waals surface area (Å²) in [4.78, 5) is 33.7. The highest BCUT2D eigenvalue weighted by Crippen LogP contribution is 2.14. The van der Waals surface area contributed by atoms with Crippen LogP contribution in [0.5, 0.6) is 0 Å². The first-order valence-electron chi connectivity index (χ1n) is 6.55. The van der Waals surface area contributed by atoms with E-state index < -0.39 is 17.7 Å². The molecule has 9 nitrogen and oxygen atoms in total. The van der Waals surface area contributed by atoms with Crippen molar-refractivity contribution in [3.63, 3.8) is 0 Å². The monoisotopic (exact) mass is 317 g/mol. The summed E-state index contributed by atoms with van der Waals surface area (Å²) < 4.78 is 4.53. The normalized spacial score (nSPS) is 10.2. The van der Waals surface area contributed by atoms with Crippen molar-refractivity contribution >= 4 is 35.0 Å². The summed E-state index contributed by atoms with van der Waals surface area (Å²) in [6.07, 6.45) is -0.965. The summed E-state index contributed by atoms with van der Waals surface area (Å²) in [5, 5.41) is 17.0. The molecule has 0 aliphatic rings. The van der Waals surface area contributed by atoms with Crippen molar-refractivity contribution in [2.24, 2.45) is 5.10 Å². The minimum Gasteiger partial charge on any atom is -0.450 e. The van der Waals surface area contributed by atoms with Gasteiger partial charge in [-0.25, -0.2) is 4.79 Å². The number of nitrogens with one attached hydrogen (secondary N) is 3. The second kappa shape index (κ2) is 8.78. The van der Waals surface area contributed by atoms with Crippen LogP contribution in [0, 0.1) is 11.3 Å². The van der Waals surface area contributed by atoms with Gasteiger partial charge in [0.15, 0.2) is 0 Å². The number of hydrogen-bond donors (Lipinski definition) is 3. The van der Waals surface area contributed by atoms with E-state index in [4.69, 9.17) is 5.26 Å². The smallest absolute Gasteiger partial charge is 0.414 e. The Morgan fingerprint density at radius 2 is 2.00 bits per heavy atom. The van der Waals surface area contributed by atoms with E-state index >= 15 is 0 Å². The second-order valence-electron chi connectivity index (χ2n) is 4.12. The van der Waals surface area contributed by atoms with E-state index in [1.165, 1.54) is 6.92 Å². The molecule has 0 aliphatic carbocycles. The summed E-state index contributed by atoms with van der Waals surface area (Å²) >= 11 is 0. The topological polar surface area (TPSA) is 133 Å². The van der Waals surface area contributed by atoms with Crippen molar-refractivity contribution < 1.29 is 19.1 Å². The zero-order chi connectivity index (χ0) is 17.2. The highest BCUT2D eigenvalue weighted by Gasteiger charge is 2.15. The number of imide groups is 1. The maximum atomic E-state index is 11.6. The highest BCUT2D eigenvalue weighted by molar-refractivity contribution is 6.46. The number of hydrogen-bond acceptors (Lipinski definition) is 7. The molecule has 0 unspecified atom stereocenters. The Morgan fingerprint density at radius 3 is 2.61 bits per heavy atom. The molecule has 120 valence electrons. The standard InChI is InChI=1S/C14H15N5O4/c1-3-23-14(22)17-13(21)12(8-15)19-18-11-6-4-5-10(7-11)16-9(2)20/h4-7,18H,3H2,1-2H3,(H,16,20)(H,17,21,22)/b19-12-. The SMILES string of the molecule is CCOC(=O)NC(=O)/C(C#N)=N\Nc1cccc(NC(C)=O)c1. The maximum absolute atomic E-state index is 11.6. The third-order valence-electron chi connectivity index (χ3n) is 2.29. The molecule has 23 heavy (non-hydrogen) atoms. The molecule has 0 heterocycles. The van der Waals surface area contributed by atoms with E-state index in [2.05, 4.69) is 20.6 Å². The molecule has 0 aromatic heterocycles. The van der Waals surface area contributed by atoms with E-state index in [-0.39, 0.29) is 12.5 Å². The zero-order valence-corrected chi connectivity index (χ0v) is 12.5. The first-order chi connectivity index (χ1) is 11.0. The molecule has 9 heteroatoms. The number of alkyl carbamates (subject to hydrolysis) is 1. The van der Waals surface area contributed by atoms with Gasteiger partial charge in [0.1, 0.15) is 6.07 Å². The lowest BCUT2D eigenvalue weighted by Crippen LogP contribution is -2.36. The number of carbonyl (C=O) groups is 3. The van der Waals surface area contributed by atoms with Crippen LogP contribution in [0.4, 0.5) is 16.2 Å². The predicted molar refractivity (Wildman–Crippen MR) is 82.6 cm³/mol. The van der Waals surface area contributed by atoms with Crippen molar-refractivity contribution in [1.29, 1.82) is 5.26 Å². The molecule has 0 spiro atoms. The van der Waals surface area contributed by atoms with Crippen LogP contribution < -0.4 is 16.1 Å². The van der Waals surface area contributed by atoms with Crippen molar-refractivity contribution in [2.45, 2.75) is 13.8 Å². The summed E-state index contributed by atoms with van der Waals surface area (Å²) in [5.41, 5.74) is 2.90. The third kappa shape index (κ3) is 6.26. The van der Waals surface area contributed by atoms with Gasteiger partial charge in [0.25, 0.3) is 5.91 Å². The zero-order valence-electron chi connectivity index (χ0n) is 12.5. The molecule has 0 aliphatic heterocycles. The van der Waals surface area contributed by atoms with Crippen LogP contribution in [0.3, 0.4) is 0 Å². The Morgan fingerprint density at radius 1 is 1.30 bits per heavy atom. The maximum Gasteiger partial charge on any atom is 0.414 e. The molecule has 1 aromatic rings. The van der Waals surface area contributed by atoms with Gasteiger partial charge in [-0.2, -0.15) is 10.4 Å². The minimum absolute atomic E-state index is 0.0896. The Bertz CT molecular complexity index is 678. The fourth-order valence-electron chi connectivity index (χ4n) is 1.44. The van der Waals surface area contributed by atoms with Crippen molar-refractivity contribution in [2.75, 3.05) is 17.3 Å². The first kappa shape index (κ1) is 17.6. The molecular weight excluding hydrogens is 302 g/mol. The molecule has 3 amide bonds. The second-order valence-corrected chi connectivity index (χ2v) is 4.12. The van der Waals surface area contributed by atoms with Gasteiger partial charge in [0.2, 0.25) is 11.6 Å². The summed E-state index contributed by atoms with van der Waals surface area (Å²) in [5.74, 6) is -1.23. The van der Waals surface area contributed by atoms with E-state index in [1.54, 1.807) is 37.3 Å². The molecule has 0 saturated carbocycles. The van der Waals surface area contributed by atoms with Gasteiger partial charge in [0.05, 0.1) is 12.3 Å². The molecule has 0 fully saturated rings. The number of anilines is 2. The first-order valence-corrected chi connectivity index (χ1v) is 6.55. The molecule has 1 rings (SSSR count). The lowest BCUT2D eigenvalue weighted by Gasteiger charge is -2.06. The Labute approximate surface area is 132 Å². The molecular formula is C14H15N5O4. The predicted octanol–water partition coefficient (Wildman–Crippen LogP) is 1.21. The molecule has 0 bridgehead atoms. The summed E-state index contributed by atoms with van der Waals surface area (Å²) in [7, 11) is 0. The van der Waals surface area contributed by atoms with Crippen LogP contribution in [0.15, 0.2) is 29.4 Å². The largest absolute Gasteiger partial charge is 0.450 e. The molecule has 3 N–H and O–H groups in total. The fourth-order valence-corrected chi connectivity index (χ4v) is 1.44. The number of carbonyl (C=O) groups excluding carboxylic acids is 3. The average Bonchev–Trinajstić information content (AvgIpc) is 2.47. The molecule has 0 saturated heterocycles. The molecule has 0 atom stereocenters. The van der Waals surface area contributed by atoms with Gasteiger partial charge in [-0.3, -0.25) is 20.3 Å². The minimum atomic E-state index is -0.989. The fraction of sp³-hybridized carbons (Fsp3) is 0.214. The Balaban J connectivity index is 2.77.